The fraction of sp³-hybridized carbons (Fsp3) is 0.500. The van der Waals surface area contributed by atoms with Crippen LogP contribution < -0.4 is 0 Å². The highest BCUT2D eigenvalue weighted by molar-refractivity contribution is 7.15. The summed E-state index contributed by atoms with van der Waals surface area (Å²) in [6, 6.07) is 0. The number of hydrogen-bond acceptors (Lipinski definition) is 3. The molecule has 2 nitrogen and oxygen atoms in total. The second kappa shape index (κ2) is 4.58. The third-order valence-electron chi connectivity index (χ3n) is 1.49. The first-order valence-electron chi connectivity index (χ1n) is 3.88. The fourth-order valence-corrected chi connectivity index (χ4v) is 1.80. The predicted octanol–water partition coefficient (Wildman–Crippen LogP) is 2.86. The van der Waals surface area contributed by atoms with Crippen molar-refractivity contribution in [1.82, 2.24) is 4.98 Å². The molecule has 0 fully saturated rings. The Kier molecular flexibility index (Phi) is 3.69. The van der Waals surface area contributed by atoms with Gasteiger partial charge < -0.3 is 0 Å². The molecule has 0 N–H and O–H groups in total. The third-order valence-corrected chi connectivity index (χ3v) is 2.86. The summed E-state index contributed by atoms with van der Waals surface area (Å²) in [6.45, 7) is 2.13. The molecule has 0 bridgehead atoms. The summed E-state index contributed by atoms with van der Waals surface area (Å²) in [5, 5.41) is 0.594. The molecule has 0 aromatic carbocycles. The number of thiazole rings is 1. The minimum absolute atomic E-state index is 0.407. The molecular formula is C8H10ClNOS. The number of aryl methyl sites for hydroxylation is 1. The van der Waals surface area contributed by atoms with Crippen molar-refractivity contribution in [1.29, 1.82) is 0 Å². The quantitative estimate of drug-likeness (QED) is 0.705. The third kappa shape index (κ3) is 2.57. The van der Waals surface area contributed by atoms with Gasteiger partial charge in [-0.3, -0.25) is 4.79 Å². The van der Waals surface area contributed by atoms with Crippen LogP contribution in [0.4, 0.5) is 0 Å². The van der Waals surface area contributed by atoms with E-state index in [-0.39, 0.29) is 0 Å². The number of nitrogens with zero attached hydrogens (tertiary/aromatic N) is 1. The molecule has 66 valence electrons. The van der Waals surface area contributed by atoms with Crippen molar-refractivity contribution < 1.29 is 4.79 Å². The first kappa shape index (κ1) is 9.68. The van der Waals surface area contributed by atoms with Gasteiger partial charge in [-0.2, -0.15) is 0 Å². The normalized spacial score (nSPS) is 10.2. The number of hydrogen-bond donors (Lipinski definition) is 0. The average Bonchev–Trinajstić information content (AvgIpc) is 2.48. The zero-order valence-corrected chi connectivity index (χ0v) is 8.41. The molecule has 1 aromatic heterocycles. The summed E-state index contributed by atoms with van der Waals surface area (Å²) in [7, 11) is 0. The number of halogens is 1. The Balaban J connectivity index is 2.58. The van der Waals surface area contributed by atoms with Crippen molar-refractivity contribution in [2.24, 2.45) is 0 Å². The maximum Gasteiger partial charge on any atom is 0.264 e. The topological polar surface area (TPSA) is 30.0 Å². The molecule has 4 heteroatoms. The van der Waals surface area contributed by atoms with Gasteiger partial charge in [-0.25, -0.2) is 4.98 Å². The SMILES string of the molecule is CCCCc1ncc(C(=O)Cl)s1. The molecule has 0 saturated heterocycles. The number of carbonyl (C=O) groups is 1. The Morgan fingerprint density at radius 2 is 2.50 bits per heavy atom. The van der Waals surface area contributed by atoms with E-state index < -0.39 is 5.24 Å². The minimum atomic E-state index is -0.407. The Hall–Kier alpha value is -0.410. The van der Waals surface area contributed by atoms with E-state index >= 15 is 0 Å². The molecule has 12 heavy (non-hydrogen) atoms. The van der Waals surface area contributed by atoms with E-state index in [1.807, 2.05) is 0 Å². The van der Waals surface area contributed by atoms with Gasteiger partial charge in [0.1, 0.15) is 4.88 Å². The van der Waals surface area contributed by atoms with Gasteiger partial charge in [0.05, 0.1) is 11.2 Å². The van der Waals surface area contributed by atoms with Gasteiger partial charge in [-0.15, -0.1) is 11.3 Å². The maximum absolute atomic E-state index is 10.7. The Labute approximate surface area is 80.6 Å². The lowest BCUT2D eigenvalue weighted by molar-refractivity contribution is 0.108. The molecule has 0 aliphatic rings. The highest BCUT2D eigenvalue weighted by Gasteiger charge is 2.06. The second-order valence-corrected chi connectivity index (χ2v) is 3.95. The molecule has 0 saturated carbocycles. The van der Waals surface area contributed by atoms with Gasteiger partial charge in [-0.05, 0) is 24.4 Å². The molecule has 0 amide bonds. The number of rotatable bonds is 4. The predicted molar refractivity (Wildman–Crippen MR) is 50.9 cm³/mol. The van der Waals surface area contributed by atoms with E-state index in [0.29, 0.717) is 4.88 Å². The highest BCUT2D eigenvalue weighted by atomic mass is 35.5. The van der Waals surface area contributed by atoms with E-state index in [4.69, 9.17) is 11.6 Å². The van der Waals surface area contributed by atoms with Gasteiger partial charge in [0, 0.05) is 0 Å². The van der Waals surface area contributed by atoms with Crippen LogP contribution in [0.1, 0.15) is 34.4 Å². The number of carbonyl (C=O) groups excluding carboxylic acids is 1. The summed E-state index contributed by atoms with van der Waals surface area (Å²) in [4.78, 5) is 15.3. The van der Waals surface area contributed by atoms with Crippen LogP contribution in [0.2, 0.25) is 0 Å². The van der Waals surface area contributed by atoms with Crippen LogP contribution in [0.5, 0.6) is 0 Å². The van der Waals surface area contributed by atoms with Crippen LogP contribution in [0.15, 0.2) is 6.20 Å². The molecule has 0 aliphatic carbocycles. The molecule has 0 unspecified atom stereocenters. The zero-order chi connectivity index (χ0) is 8.97. The van der Waals surface area contributed by atoms with Crippen LogP contribution in [0.3, 0.4) is 0 Å². The molecular weight excluding hydrogens is 194 g/mol. The Bertz CT molecular complexity index is 272. The van der Waals surface area contributed by atoms with Crippen molar-refractivity contribution >= 4 is 28.2 Å². The van der Waals surface area contributed by atoms with E-state index in [1.54, 1.807) is 6.20 Å². The maximum atomic E-state index is 10.7. The molecule has 1 heterocycles. The smallest absolute Gasteiger partial charge is 0.264 e. The lowest BCUT2D eigenvalue weighted by Gasteiger charge is -1.89. The summed E-state index contributed by atoms with van der Waals surface area (Å²) in [5.74, 6) is 0. The van der Waals surface area contributed by atoms with E-state index in [9.17, 15) is 4.79 Å². The van der Waals surface area contributed by atoms with Gasteiger partial charge in [0.2, 0.25) is 0 Å². The second-order valence-electron chi connectivity index (χ2n) is 2.50. The van der Waals surface area contributed by atoms with E-state index in [2.05, 4.69) is 11.9 Å². The lowest BCUT2D eigenvalue weighted by atomic mass is 10.3. The first-order valence-corrected chi connectivity index (χ1v) is 5.08. The summed E-state index contributed by atoms with van der Waals surface area (Å²) >= 11 is 6.67. The lowest BCUT2D eigenvalue weighted by Crippen LogP contribution is -1.80. The standard InChI is InChI=1S/C8H10ClNOS/c1-2-3-4-7-10-5-6(12-7)8(9)11/h5H,2-4H2,1H3. The van der Waals surface area contributed by atoms with Gasteiger partial charge >= 0.3 is 0 Å². The van der Waals surface area contributed by atoms with Crippen molar-refractivity contribution in [2.45, 2.75) is 26.2 Å². The monoisotopic (exact) mass is 203 g/mol. The zero-order valence-electron chi connectivity index (χ0n) is 6.84. The average molecular weight is 204 g/mol. The molecule has 0 radical (unpaired) electrons. The van der Waals surface area contributed by atoms with Gasteiger partial charge in [0.25, 0.3) is 5.24 Å². The number of aromatic nitrogens is 1. The first-order chi connectivity index (χ1) is 5.74. The molecule has 0 aliphatic heterocycles. The van der Waals surface area contributed by atoms with Crippen molar-refractivity contribution in [3.05, 3.63) is 16.1 Å². The van der Waals surface area contributed by atoms with Crippen LogP contribution >= 0.6 is 22.9 Å². The fourth-order valence-electron chi connectivity index (χ4n) is 0.845. The summed E-state index contributed by atoms with van der Waals surface area (Å²) in [6.07, 6.45) is 4.75. The summed E-state index contributed by atoms with van der Waals surface area (Å²) in [5.41, 5.74) is 0. The van der Waals surface area contributed by atoms with Crippen molar-refractivity contribution in [3.8, 4) is 0 Å². The van der Waals surface area contributed by atoms with Crippen LogP contribution in [0, 0.1) is 0 Å². The highest BCUT2D eigenvalue weighted by Crippen LogP contribution is 2.16. The van der Waals surface area contributed by atoms with E-state index in [0.717, 1.165) is 24.3 Å². The minimum Gasteiger partial charge on any atom is -0.275 e. The van der Waals surface area contributed by atoms with Crippen molar-refractivity contribution in [2.75, 3.05) is 0 Å². The molecule has 1 aromatic rings. The van der Waals surface area contributed by atoms with Crippen LogP contribution in [-0.2, 0) is 6.42 Å². The Morgan fingerprint density at radius 1 is 1.75 bits per heavy atom. The largest absolute Gasteiger partial charge is 0.275 e. The molecule has 0 spiro atoms. The molecule has 0 atom stereocenters. The van der Waals surface area contributed by atoms with Crippen molar-refractivity contribution in [3.63, 3.8) is 0 Å². The van der Waals surface area contributed by atoms with Gasteiger partial charge in [0.15, 0.2) is 0 Å². The van der Waals surface area contributed by atoms with Crippen LogP contribution in [0.25, 0.3) is 0 Å². The van der Waals surface area contributed by atoms with Gasteiger partial charge in [-0.1, -0.05) is 13.3 Å². The van der Waals surface area contributed by atoms with E-state index in [1.165, 1.54) is 11.3 Å². The Morgan fingerprint density at radius 3 is 3.00 bits per heavy atom. The summed E-state index contributed by atoms with van der Waals surface area (Å²) < 4.78 is 0. The molecule has 1 rings (SSSR count). The number of unbranched alkanes of at least 4 members (excludes halogenated alkanes) is 1. The van der Waals surface area contributed by atoms with Crippen LogP contribution in [-0.4, -0.2) is 10.2 Å².